The van der Waals surface area contributed by atoms with Crippen molar-refractivity contribution in [3.63, 3.8) is 0 Å². The Labute approximate surface area is 144 Å². The summed E-state index contributed by atoms with van der Waals surface area (Å²) >= 11 is 0. The third kappa shape index (κ3) is 3.01. The van der Waals surface area contributed by atoms with Crippen molar-refractivity contribution >= 4 is 28.1 Å². The number of rotatable bonds is 4. The van der Waals surface area contributed by atoms with Crippen LogP contribution in [0.15, 0.2) is 61.1 Å². The zero-order chi connectivity index (χ0) is 17.2. The lowest BCUT2D eigenvalue weighted by Crippen LogP contribution is -2.20. The van der Waals surface area contributed by atoms with Gasteiger partial charge >= 0.3 is 0 Å². The van der Waals surface area contributed by atoms with E-state index in [0.717, 1.165) is 16.6 Å². The zero-order valence-electron chi connectivity index (χ0n) is 13.6. The van der Waals surface area contributed by atoms with Crippen LogP contribution in [0.1, 0.15) is 5.69 Å². The number of nitrogens with zero attached hydrogens (tertiary/aromatic N) is 3. The number of imidazole rings is 1. The smallest absolute Gasteiger partial charge is 0.262 e. The van der Waals surface area contributed by atoms with E-state index in [0.29, 0.717) is 17.1 Å². The number of benzene rings is 1. The summed E-state index contributed by atoms with van der Waals surface area (Å²) in [5.41, 5.74) is 3.01. The summed E-state index contributed by atoms with van der Waals surface area (Å²) in [6.45, 7) is 1.81. The highest BCUT2D eigenvalue weighted by molar-refractivity contribution is 6.00. The maximum atomic E-state index is 12.3. The Balaban J connectivity index is 1.50. The second-order valence-corrected chi connectivity index (χ2v) is 5.70. The minimum absolute atomic E-state index is 0.102. The van der Waals surface area contributed by atoms with E-state index in [1.165, 1.54) is 0 Å². The molecule has 0 fully saturated rings. The number of amides is 1. The van der Waals surface area contributed by atoms with Crippen LogP contribution >= 0.6 is 0 Å². The lowest BCUT2D eigenvalue weighted by Gasteiger charge is -2.09. The quantitative estimate of drug-likeness (QED) is 0.623. The number of aromatic nitrogens is 3. The summed E-state index contributed by atoms with van der Waals surface area (Å²) in [6.07, 6.45) is 5.50. The fourth-order valence-corrected chi connectivity index (χ4v) is 2.76. The first-order valence-electron chi connectivity index (χ1n) is 7.91. The monoisotopic (exact) mass is 332 g/mol. The molecule has 1 aromatic carbocycles. The Kier molecular flexibility index (Phi) is 3.78. The van der Waals surface area contributed by atoms with E-state index in [9.17, 15) is 4.79 Å². The molecule has 6 nitrogen and oxygen atoms in total. The standard InChI is InChI=1S/C19H16N4O2/c1-13-11-23-10-4-8-16(19(23)21-13)25-12-17(24)22-15-7-2-5-14-6-3-9-20-18(14)15/h2-11H,12H2,1H3,(H,22,24). The highest BCUT2D eigenvalue weighted by atomic mass is 16.5. The van der Waals surface area contributed by atoms with Crippen LogP contribution in [0.2, 0.25) is 0 Å². The topological polar surface area (TPSA) is 68.5 Å². The maximum Gasteiger partial charge on any atom is 0.262 e. The van der Waals surface area contributed by atoms with Gasteiger partial charge in [0, 0.05) is 24.0 Å². The number of para-hydroxylation sites is 1. The molecule has 4 aromatic rings. The van der Waals surface area contributed by atoms with Crippen LogP contribution in [-0.4, -0.2) is 26.9 Å². The summed E-state index contributed by atoms with van der Waals surface area (Å²) in [5.74, 6) is 0.324. The Bertz CT molecular complexity index is 1070. The van der Waals surface area contributed by atoms with Gasteiger partial charge in [0.15, 0.2) is 18.0 Å². The van der Waals surface area contributed by atoms with E-state index in [4.69, 9.17) is 4.74 Å². The Morgan fingerprint density at radius 2 is 2.08 bits per heavy atom. The van der Waals surface area contributed by atoms with Gasteiger partial charge in [0.1, 0.15) is 0 Å². The second kappa shape index (κ2) is 6.24. The molecule has 1 N–H and O–H groups in total. The van der Waals surface area contributed by atoms with Gasteiger partial charge in [-0.3, -0.25) is 9.78 Å². The maximum absolute atomic E-state index is 12.3. The number of nitrogens with one attached hydrogen (secondary N) is 1. The van der Waals surface area contributed by atoms with Gasteiger partial charge in [0.2, 0.25) is 0 Å². The van der Waals surface area contributed by atoms with Crippen LogP contribution in [0.3, 0.4) is 0 Å². The van der Waals surface area contributed by atoms with Crippen LogP contribution in [0, 0.1) is 6.92 Å². The number of carbonyl (C=O) groups excluding carboxylic acids is 1. The van der Waals surface area contributed by atoms with E-state index in [1.54, 1.807) is 12.3 Å². The molecule has 0 atom stereocenters. The molecule has 25 heavy (non-hydrogen) atoms. The number of hydrogen-bond acceptors (Lipinski definition) is 4. The Hall–Kier alpha value is -3.41. The molecule has 3 aromatic heterocycles. The third-order valence-corrected chi connectivity index (χ3v) is 3.83. The predicted molar refractivity (Wildman–Crippen MR) is 95.8 cm³/mol. The summed E-state index contributed by atoms with van der Waals surface area (Å²) in [5, 5.41) is 3.83. The van der Waals surface area contributed by atoms with Crippen molar-refractivity contribution in [3.05, 3.63) is 66.7 Å². The van der Waals surface area contributed by atoms with Crippen molar-refractivity contribution in [3.8, 4) is 5.75 Å². The normalized spacial score (nSPS) is 10.9. The second-order valence-electron chi connectivity index (χ2n) is 5.70. The third-order valence-electron chi connectivity index (χ3n) is 3.83. The van der Waals surface area contributed by atoms with Gasteiger partial charge in [-0.25, -0.2) is 4.98 Å². The SMILES string of the molecule is Cc1cn2cccc(OCC(=O)Nc3cccc4cccnc34)c2n1. The van der Waals surface area contributed by atoms with E-state index < -0.39 is 0 Å². The summed E-state index contributed by atoms with van der Waals surface area (Å²) in [6, 6.07) is 13.1. The molecule has 0 aliphatic rings. The van der Waals surface area contributed by atoms with Crippen LogP contribution in [0.4, 0.5) is 5.69 Å². The number of pyridine rings is 2. The number of hydrogen-bond donors (Lipinski definition) is 1. The number of fused-ring (bicyclic) bond motifs is 2. The largest absolute Gasteiger partial charge is 0.480 e. The minimum Gasteiger partial charge on any atom is -0.480 e. The van der Waals surface area contributed by atoms with Crippen LogP contribution in [-0.2, 0) is 4.79 Å². The van der Waals surface area contributed by atoms with Crippen LogP contribution in [0.25, 0.3) is 16.6 Å². The molecule has 1 amide bonds. The van der Waals surface area contributed by atoms with Gasteiger partial charge in [-0.15, -0.1) is 0 Å². The van der Waals surface area contributed by atoms with Crippen molar-refractivity contribution in [2.75, 3.05) is 11.9 Å². The van der Waals surface area contributed by atoms with Crippen molar-refractivity contribution in [1.82, 2.24) is 14.4 Å². The molecule has 3 heterocycles. The van der Waals surface area contributed by atoms with Gasteiger partial charge in [-0.05, 0) is 31.2 Å². The van der Waals surface area contributed by atoms with Crippen molar-refractivity contribution in [1.29, 1.82) is 0 Å². The number of ether oxygens (including phenoxy) is 1. The fourth-order valence-electron chi connectivity index (χ4n) is 2.76. The molecule has 0 radical (unpaired) electrons. The summed E-state index contributed by atoms with van der Waals surface area (Å²) < 4.78 is 7.54. The molecule has 0 aliphatic carbocycles. The molecular weight excluding hydrogens is 316 g/mol. The molecule has 4 rings (SSSR count). The minimum atomic E-state index is -0.247. The molecular formula is C19H16N4O2. The lowest BCUT2D eigenvalue weighted by atomic mass is 10.2. The highest BCUT2D eigenvalue weighted by Crippen LogP contribution is 2.21. The molecule has 124 valence electrons. The summed E-state index contributed by atoms with van der Waals surface area (Å²) in [7, 11) is 0. The Morgan fingerprint density at radius 1 is 1.20 bits per heavy atom. The van der Waals surface area contributed by atoms with Gasteiger partial charge in [0.05, 0.1) is 16.9 Å². The molecule has 0 aliphatic heterocycles. The molecule has 6 heteroatoms. The van der Waals surface area contributed by atoms with E-state index in [2.05, 4.69) is 15.3 Å². The van der Waals surface area contributed by atoms with E-state index in [-0.39, 0.29) is 12.5 Å². The van der Waals surface area contributed by atoms with Crippen LogP contribution < -0.4 is 10.1 Å². The van der Waals surface area contributed by atoms with Crippen molar-refractivity contribution in [2.45, 2.75) is 6.92 Å². The van der Waals surface area contributed by atoms with Crippen molar-refractivity contribution in [2.24, 2.45) is 0 Å². The van der Waals surface area contributed by atoms with Gasteiger partial charge in [-0.2, -0.15) is 0 Å². The zero-order valence-corrected chi connectivity index (χ0v) is 13.6. The highest BCUT2D eigenvalue weighted by Gasteiger charge is 2.10. The van der Waals surface area contributed by atoms with Crippen molar-refractivity contribution < 1.29 is 9.53 Å². The first kappa shape index (κ1) is 15.1. The molecule has 0 saturated heterocycles. The summed E-state index contributed by atoms with van der Waals surface area (Å²) in [4.78, 5) is 21.0. The Morgan fingerprint density at radius 3 is 3.00 bits per heavy atom. The lowest BCUT2D eigenvalue weighted by molar-refractivity contribution is -0.118. The number of carbonyl (C=O) groups is 1. The average molecular weight is 332 g/mol. The molecule has 0 spiro atoms. The first-order valence-corrected chi connectivity index (χ1v) is 7.91. The van der Waals surface area contributed by atoms with Gasteiger partial charge in [-0.1, -0.05) is 18.2 Å². The average Bonchev–Trinajstić information content (AvgIpc) is 3.01. The van der Waals surface area contributed by atoms with Gasteiger partial charge in [0.25, 0.3) is 5.91 Å². The molecule has 0 bridgehead atoms. The number of anilines is 1. The first-order chi connectivity index (χ1) is 12.2. The van der Waals surface area contributed by atoms with Crippen LogP contribution in [0.5, 0.6) is 5.75 Å². The molecule has 0 saturated carbocycles. The van der Waals surface area contributed by atoms with E-state index >= 15 is 0 Å². The number of aryl methyl sites for hydroxylation is 1. The molecule has 0 unspecified atom stereocenters. The van der Waals surface area contributed by atoms with E-state index in [1.807, 2.05) is 60.1 Å². The fraction of sp³-hybridized carbons (Fsp3) is 0.105. The van der Waals surface area contributed by atoms with Gasteiger partial charge < -0.3 is 14.5 Å². The predicted octanol–water partition coefficient (Wildman–Crippen LogP) is 3.21.